The molecule has 1 aromatic heterocycles. The molecule has 0 spiro atoms. The standard InChI is InChI=1S/C16H11F3N2O2/c17-16(18,19)9-21-13-8-4-3-6-11(13)10-5-1-2-7-12(10)14(20-23)15(21)22/h1-8,23H,9H2. The van der Waals surface area contributed by atoms with Crippen LogP contribution in [0.25, 0.3) is 21.7 Å². The van der Waals surface area contributed by atoms with Gasteiger partial charge in [-0.1, -0.05) is 47.6 Å². The minimum Gasteiger partial charge on any atom is -0.410 e. The second-order valence-electron chi connectivity index (χ2n) is 5.02. The second-order valence-corrected chi connectivity index (χ2v) is 5.02. The van der Waals surface area contributed by atoms with Crippen molar-refractivity contribution in [3.8, 4) is 0 Å². The van der Waals surface area contributed by atoms with Crippen LogP contribution in [-0.4, -0.2) is 16.0 Å². The quantitative estimate of drug-likeness (QED) is 0.553. The fourth-order valence-electron chi connectivity index (χ4n) is 2.65. The van der Waals surface area contributed by atoms with Gasteiger partial charge in [0.05, 0.1) is 5.52 Å². The molecule has 0 fully saturated rings. The number of hydrogen-bond donors (Lipinski definition) is 1. The molecule has 0 aliphatic carbocycles. The van der Waals surface area contributed by atoms with Gasteiger partial charge in [0.1, 0.15) is 6.54 Å². The highest BCUT2D eigenvalue weighted by atomic mass is 19.4. The van der Waals surface area contributed by atoms with Gasteiger partial charge < -0.3 is 5.21 Å². The zero-order valence-corrected chi connectivity index (χ0v) is 11.7. The predicted octanol–water partition coefficient (Wildman–Crippen LogP) is 3.01. The van der Waals surface area contributed by atoms with Crippen molar-refractivity contribution >= 4 is 21.7 Å². The topological polar surface area (TPSA) is 54.6 Å². The van der Waals surface area contributed by atoms with Crippen LogP contribution in [0.3, 0.4) is 0 Å². The largest absolute Gasteiger partial charge is 0.410 e. The van der Waals surface area contributed by atoms with Crippen LogP contribution < -0.4 is 10.9 Å². The normalized spacial score (nSPS) is 12.9. The van der Waals surface area contributed by atoms with E-state index < -0.39 is 23.6 Å². The Morgan fingerprint density at radius 2 is 1.52 bits per heavy atom. The predicted molar refractivity (Wildman–Crippen MR) is 79.1 cm³/mol. The molecule has 0 radical (unpaired) electrons. The summed E-state index contributed by atoms with van der Waals surface area (Å²) in [6.45, 7) is -1.46. The van der Waals surface area contributed by atoms with Crippen LogP contribution in [0.1, 0.15) is 0 Å². The molecule has 23 heavy (non-hydrogen) atoms. The molecule has 7 heteroatoms. The monoisotopic (exact) mass is 320 g/mol. The Morgan fingerprint density at radius 3 is 2.13 bits per heavy atom. The lowest BCUT2D eigenvalue weighted by atomic mass is 10.1. The first-order chi connectivity index (χ1) is 10.9. The molecule has 2 aromatic carbocycles. The average molecular weight is 320 g/mol. The number of nitrogens with zero attached hydrogens (tertiary/aromatic N) is 2. The summed E-state index contributed by atoms with van der Waals surface area (Å²) in [7, 11) is 0. The minimum atomic E-state index is -4.58. The van der Waals surface area contributed by atoms with E-state index in [1.54, 1.807) is 36.4 Å². The number of para-hydroxylation sites is 1. The maximum atomic E-state index is 12.9. The molecule has 0 saturated carbocycles. The molecule has 1 heterocycles. The van der Waals surface area contributed by atoms with Gasteiger partial charge in [0.15, 0.2) is 5.36 Å². The summed E-state index contributed by atoms with van der Waals surface area (Å²) < 4.78 is 39.3. The van der Waals surface area contributed by atoms with Crippen LogP contribution in [0.15, 0.2) is 58.5 Å². The van der Waals surface area contributed by atoms with Crippen LogP contribution in [0.2, 0.25) is 0 Å². The van der Waals surface area contributed by atoms with Gasteiger partial charge in [-0.05, 0) is 11.5 Å². The zero-order valence-electron chi connectivity index (χ0n) is 11.7. The van der Waals surface area contributed by atoms with E-state index in [2.05, 4.69) is 5.16 Å². The summed E-state index contributed by atoms with van der Waals surface area (Å²) in [6.07, 6.45) is -4.58. The number of fused-ring (bicyclic) bond motifs is 3. The number of aromatic nitrogens is 1. The van der Waals surface area contributed by atoms with Gasteiger partial charge in [-0.25, -0.2) is 0 Å². The van der Waals surface area contributed by atoms with E-state index in [-0.39, 0.29) is 10.9 Å². The summed E-state index contributed by atoms with van der Waals surface area (Å²) in [5.41, 5.74) is -0.872. The molecule has 0 bridgehead atoms. The second kappa shape index (κ2) is 5.42. The van der Waals surface area contributed by atoms with Crippen molar-refractivity contribution < 1.29 is 18.4 Å². The Morgan fingerprint density at radius 1 is 0.957 bits per heavy atom. The van der Waals surface area contributed by atoms with Gasteiger partial charge in [-0.3, -0.25) is 9.36 Å². The van der Waals surface area contributed by atoms with Crippen molar-refractivity contribution in [2.45, 2.75) is 12.7 Å². The van der Waals surface area contributed by atoms with E-state index in [9.17, 15) is 23.2 Å². The Bertz CT molecular complexity index is 1020. The fourth-order valence-corrected chi connectivity index (χ4v) is 2.65. The van der Waals surface area contributed by atoms with E-state index in [1.807, 2.05) is 0 Å². The number of rotatable bonds is 1. The van der Waals surface area contributed by atoms with Gasteiger partial charge in [0.2, 0.25) is 0 Å². The molecular formula is C16H11F3N2O2. The lowest BCUT2D eigenvalue weighted by Crippen LogP contribution is -2.36. The van der Waals surface area contributed by atoms with Gasteiger partial charge in [-0.15, -0.1) is 0 Å². The Hall–Kier alpha value is -2.83. The highest BCUT2D eigenvalue weighted by Crippen LogP contribution is 2.23. The summed E-state index contributed by atoms with van der Waals surface area (Å²) >= 11 is 0. The van der Waals surface area contributed by atoms with Crippen LogP contribution in [0.4, 0.5) is 13.2 Å². The van der Waals surface area contributed by atoms with Crippen LogP contribution in [0, 0.1) is 0 Å². The number of hydrogen-bond acceptors (Lipinski definition) is 3. The molecule has 1 N–H and O–H groups in total. The first kappa shape index (κ1) is 15.1. The first-order valence-electron chi connectivity index (χ1n) is 6.72. The zero-order chi connectivity index (χ0) is 16.6. The molecule has 4 nitrogen and oxygen atoms in total. The first-order valence-corrected chi connectivity index (χ1v) is 6.72. The Balaban J connectivity index is 2.67. The molecule has 3 aromatic rings. The third kappa shape index (κ3) is 2.65. The van der Waals surface area contributed by atoms with Crippen LogP contribution >= 0.6 is 0 Å². The van der Waals surface area contributed by atoms with Crippen molar-refractivity contribution in [1.82, 2.24) is 4.57 Å². The smallest absolute Gasteiger partial charge is 0.406 e. The van der Waals surface area contributed by atoms with E-state index in [1.165, 1.54) is 12.1 Å². The lowest BCUT2D eigenvalue weighted by molar-refractivity contribution is -0.140. The molecule has 0 aliphatic rings. The molecule has 118 valence electrons. The van der Waals surface area contributed by atoms with Gasteiger partial charge >= 0.3 is 6.18 Å². The van der Waals surface area contributed by atoms with Crippen molar-refractivity contribution in [3.05, 3.63) is 64.2 Å². The maximum Gasteiger partial charge on any atom is 0.406 e. The lowest BCUT2D eigenvalue weighted by Gasteiger charge is -2.10. The number of alkyl halides is 3. The van der Waals surface area contributed by atoms with Gasteiger partial charge in [0, 0.05) is 10.8 Å². The molecule has 0 saturated heterocycles. The molecule has 3 rings (SSSR count). The van der Waals surface area contributed by atoms with Crippen LogP contribution in [0.5, 0.6) is 0 Å². The van der Waals surface area contributed by atoms with E-state index in [0.29, 0.717) is 15.3 Å². The fraction of sp³-hybridized carbons (Fsp3) is 0.125. The summed E-state index contributed by atoms with van der Waals surface area (Å²) in [6, 6.07) is 12.8. The maximum absolute atomic E-state index is 12.9. The molecule has 0 atom stereocenters. The van der Waals surface area contributed by atoms with E-state index in [0.717, 1.165) is 0 Å². The molecular weight excluding hydrogens is 309 g/mol. The summed E-state index contributed by atoms with van der Waals surface area (Å²) in [5, 5.41) is 13.0. The molecule has 0 unspecified atom stereocenters. The third-order valence-corrected chi connectivity index (χ3v) is 3.55. The Kier molecular flexibility index (Phi) is 3.55. The van der Waals surface area contributed by atoms with Crippen molar-refractivity contribution in [2.75, 3.05) is 0 Å². The Labute approximate surface area is 127 Å². The van der Waals surface area contributed by atoms with Gasteiger partial charge in [-0.2, -0.15) is 13.2 Å². The SMILES string of the molecule is O=c1c(=NO)c2ccccc2c2ccccc2n1CC(F)(F)F. The van der Waals surface area contributed by atoms with Gasteiger partial charge in [0.25, 0.3) is 5.56 Å². The van der Waals surface area contributed by atoms with Crippen LogP contribution in [-0.2, 0) is 6.54 Å². The number of benzene rings is 2. The minimum absolute atomic E-state index is 0.126. The molecule has 0 aliphatic heterocycles. The van der Waals surface area contributed by atoms with E-state index >= 15 is 0 Å². The van der Waals surface area contributed by atoms with Crippen molar-refractivity contribution in [2.24, 2.45) is 5.16 Å². The number of halogens is 3. The summed E-state index contributed by atoms with van der Waals surface area (Å²) in [5.74, 6) is 0. The van der Waals surface area contributed by atoms with Crippen molar-refractivity contribution in [3.63, 3.8) is 0 Å². The highest BCUT2D eigenvalue weighted by molar-refractivity contribution is 6.04. The van der Waals surface area contributed by atoms with E-state index in [4.69, 9.17) is 0 Å². The van der Waals surface area contributed by atoms with Crippen molar-refractivity contribution in [1.29, 1.82) is 0 Å². The summed E-state index contributed by atoms with van der Waals surface area (Å²) in [4.78, 5) is 12.5. The molecule has 0 amide bonds. The highest BCUT2D eigenvalue weighted by Gasteiger charge is 2.29. The third-order valence-electron chi connectivity index (χ3n) is 3.55. The average Bonchev–Trinajstić information content (AvgIpc) is 2.61.